The van der Waals surface area contributed by atoms with E-state index in [0.717, 1.165) is 22.7 Å². The van der Waals surface area contributed by atoms with Crippen LogP contribution in [0.4, 0.5) is 34.1 Å². The van der Waals surface area contributed by atoms with Gasteiger partial charge in [-0.2, -0.15) is 0 Å². The van der Waals surface area contributed by atoms with Crippen molar-refractivity contribution in [3.05, 3.63) is 181 Å². The van der Waals surface area contributed by atoms with Crippen LogP contribution in [0.25, 0.3) is 43.8 Å². The number of rotatable bonds is 8. The van der Waals surface area contributed by atoms with Gasteiger partial charge in [-0.3, -0.25) is 0 Å². The molecule has 0 bridgehead atoms. The number of hydrogen-bond acceptors (Lipinski definition) is 2. The van der Waals surface area contributed by atoms with Gasteiger partial charge in [-0.05, 0) is 152 Å². The van der Waals surface area contributed by atoms with Crippen molar-refractivity contribution < 1.29 is 0 Å². The summed E-state index contributed by atoms with van der Waals surface area (Å²) in [6.45, 7) is 9.10. The fraction of sp³-hybridized carbons (Fsp3) is 0.120. The monoisotopic (exact) mass is 670 g/mol. The van der Waals surface area contributed by atoms with Crippen LogP contribution in [-0.4, -0.2) is 0 Å². The quantitative estimate of drug-likeness (QED) is 0.159. The Hall–Kier alpha value is -6.12. The molecule has 52 heavy (non-hydrogen) atoms. The highest BCUT2D eigenvalue weighted by Gasteiger charge is 2.25. The maximum atomic E-state index is 2.41. The molecule has 0 radical (unpaired) electrons. The van der Waals surface area contributed by atoms with Crippen molar-refractivity contribution in [3.8, 4) is 22.3 Å². The number of hydrogen-bond donors (Lipinski definition) is 0. The molecule has 0 aromatic heterocycles. The number of benzene rings is 8. The van der Waals surface area contributed by atoms with Crippen LogP contribution in [0.5, 0.6) is 0 Å². The standard InChI is InChI=1S/C50H42N2/c1-33(2)43-19-11-13-21-49(43)51(39-15-7-5-8-16-39)41-25-23-35-29-45-46-30-36-24-26-42(28-38(36)32-48(46)47(45)31-37(35)27-41)52(40-17-9-6-10-18-40)50-22-14-12-20-44(50)34(3)4/h5-34H,1-4H3. The molecule has 0 N–H and O–H groups in total. The van der Waals surface area contributed by atoms with E-state index in [0.29, 0.717) is 11.8 Å². The summed E-state index contributed by atoms with van der Waals surface area (Å²) in [7, 11) is 0. The second-order valence-corrected chi connectivity index (χ2v) is 14.6. The predicted octanol–water partition coefficient (Wildman–Crippen LogP) is 14.8. The van der Waals surface area contributed by atoms with Crippen LogP contribution in [0.2, 0.25) is 0 Å². The van der Waals surface area contributed by atoms with Gasteiger partial charge in [0.15, 0.2) is 0 Å². The minimum atomic E-state index is 0.402. The van der Waals surface area contributed by atoms with Gasteiger partial charge in [0.05, 0.1) is 0 Å². The van der Waals surface area contributed by atoms with Crippen molar-refractivity contribution in [1.29, 1.82) is 0 Å². The maximum absolute atomic E-state index is 2.41. The van der Waals surface area contributed by atoms with Crippen LogP contribution in [-0.2, 0) is 0 Å². The molecule has 8 aromatic carbocycles. The van der Waals surface area contributed by atoms with Crippen LogP contribution in [0.15, 0.2) is 170 Å². The van der Waals surface area contributed by atoms with Gasteiger partial charge in [-0.1, -0.05) is 113 Å². The van der Waals surface area contributed by atoms with Crippen LogP contribution >= 0.6 is 0 Å². The summed E-state index contributed by atoms with van der Waals surface area (Å²) in [6, 6.07) is 62.5. The molecule has 0 spiro atoms. The fourth-order valence-electron chi connectivity index (χ4n) is 8.04. The van der Waals surface area contributed by atoms with Crippen molar-refractivity contribution in [2.24, 2.45) is 0 Å². The van der Waals surface area contributed by atoms with Gasteiger partial charge in [0.2, 0.25) is 0 Å². The Morgan fingerprint density at radius 3 is 1.04 bits per heavy atom. The highest BCUT2D eigenvalue weighted by molar-refractivity contribution is 6.12. The maximum Gasteiger partial charge on any atom is 0.0496 e. The van der Waals surface area contributed by atoms with Crippen LogP contribution < -0.4 is 9.80 Å². The van der Waals surface area contributed by atoms with E-state index in [4.69, 9.17) is 0 Å². The largest absolute Gasteiger partial charge is 0.310 e. The van der Waals surface area contributed by atoms with Crippen molar-refractivity contribution in [1.82, 2.24) is 0 Å². The molecule has 0 heterocycles. The van der Waals surface area contributed by atoms with E-state index in [1.54, 1.807) is 0 Å². The summed E-state index contributed by atoms with van der Waals surface area (Å²) in [4.78, 5) is 4.82. The van der Waals surface area contributed by atoms with E-state index in [2.05, 4.69) is 207 Å². The first-order valence-electron chi connectivity index (χ1n) is 18.5. The molecular weight excluding hydrogens is 629 g/mol. The molecule has 0 aliphatic heterocycles. The molecular formula is C50H42N2. The van der Waals surface area contributed by atoms with Gasteiger partial charge in [0, 0.05) is 34.1 Å². The van der Waals surface area contributed by atoms with Gasteiger partial charge in [-0.25, -0.2) is 0 Å². The topological polar surface area (TPSA) is 6.48 Å². The lowest BCUT2D eigenvalue weighted by molar-refractivity contribution is 0.864. The lowest BCUT2D eigenvalue weighted by atomic mass is 9.78. The molecule has 2 heteroatoms. The van der Waals surface area contributed by atoms with Crippen LogP contribution in [0.3, 0.4) is 0 Å². The van der Waals surface area contributed by atoms with Crippen molar-refractivity contribution in [2.45, 2.75) is 39.5 Å². The third kappa shape index (κ3) is 5.43. The molecule has 0 unspecified atom stereocenters. The molecule has 1 aliphatic carbocycles. The van der Waals surface area contributed by atoms with E-state index < -0.39 is 0 Å². The minimum absolute atomic E-state index is 0.402. The molecule has 2 nitrogen and oxygen atoms in total. The Morgan fingerprint density at radius 2 is 0.654 bits per heavy atom. The third-order valence-corrected chi connectivity index (χ3v) is 10.6. The van der Waals surface area contributed by atoms with Crippen molar-refractivity contribution in [2.75, 3.05) is 9.80 Å². The zero-order valence-corrected chi connectivity index (χ0v) is 30.2. The Bertz CT molecular complexity index is 2400. The Balaban J connectivity index is 1.14. The molecule has 252 valence electrons. The lowest BCUT2D eigenvalue weighted by Gasteiger charge is -2.30. The lowest BCUT2D eigenvalue weighted by Crippen LogP contribution is -2.12. The minimum Gasteiger partial charge on any atom is -0.310 e. The first kappa shape index (κ1) is 31.8. The van der Waals surface area contributed by atoms with Gasteiger partial charge < -0.3 is 9.80 Å². The number of anilines is 6. The molecule has 0 amide bonds. The summed E-state index contributed by atoms with van der Waals surface area (Å²) in [5.41, 5.74) is 15.1. The fourth-order valence-corrected chi connectivity index (χ4v) is 8.04. The summed E-state index contributed by atoms with van der Waals surface area (Å²) >= 11 is 0. The molecule has 9 rings (SSSR count). The Kier molecular flexibility index (Phi) is 7.89. The van der Waals surface area contributed by atoms with Crippen LogP contribution in [0, 0.1) is 0 Å². The third-order valence-electron chi connectivity index (χ3n) is 10.6. The Labute approximate surface area is 307 Å². The average molecular weight is 671 g/mol. The van der Waals surface area contributed by atoms with Gasteiger partial charge in [0.25, 0.3) is 0 Å². The van der Waals surface area contributed by atoms with E-state index in [1.165, 1.54) is 66.3 Å². The average Bonchev–Trinajstić information content (AvgIpc) is 3.18. The normalized spacial score (nSPS) is 11.8. The highest BCUT2D eigenvalue weighted by Crippen LogP contribution is 2.51. The molecule has 0 saturated heterocycles. The smallest absolute Gasteiger partial charge is 0.0496 e. The first-order chi connectivity index (χ1) is 25.4. The summed E-state index contributed by atoms with van der Waals surface area (Å²) in [5, 5.41) is 5.02. The molecule has 1 aliphatic rings. The zero-order chi connectivity index (χ0) is 35.3. The number of nitrogens with zero attached hydrogens (tertiary/aromatic N) is 2. The van der Waals surface area contributed by atoms with Gasteiger partial charge >= 0.3 is 0 Å². The van der Waals surface area contributed by atoms with E-state index in [-0.39, 0.29) is 0 Å². The summed E-state index contributed by atoms with van der Waals surface area (Å²) in [6.07, 6.45) is 0. The van der Waals surface area contributed by atoms with E-state index in [9.17, 15) is 0 Å². The molecule has 0 saturated carbocycles. The number of fused-ring (bicyclic) bond motifs is 6. The van der Waals surface area contributed by atoms with E-state index >= 15 is 0 Å². The first-order valence-corrected chi connectivity index (χ1v) is 18.5. The van der Waals surface area contributed by atoms with E-state index in [1.807, 2.05) is 0 Å². The van der Waals surface area contributed by atoms with Crippen molar-refractivity contribution in [3.63, 3.8) is 0 Å². The van der Waals surface area contributed by atoms with Gasteiger partial charge in [0.1, 0.15) is 0 Å². The SMILES string of the molecule is CC(C)c1ccccc1N(c1ccccc1)c1ccc2cc3c(cc2c1)-c1cc2cc(N(c4ccccc4)c4ccccc4C(C)C)ccc2cc1-3. The predicted molar refractivity (Wildman–Crippen MR) is 223 cm³/mol. The summed E-state index contributed by atoms with van der Waals surface area (Å²) < 4.78 is 0. The Morgan fingerprint density at radius 1 is 0.308 bits per heavy atom. The zero-order valence-electron chi connectivity index (χ0n) is 30.2. The summed E-state index contributed by atoms with van der Waals surface area (Å²) in [5.74, 6) is 0.804. The molecule has 8 aromatic rings. The second-order valence-electron chi connectivity index (χ2n) is 14.6. The molecule has 0 fully saturated rings. The van der Waals surface area contributed by atoms with Gasteiger partial charge in [-0.15, -0.1) is 0 Å². The van der Waals surface area contributed by atoms with Crippen molar-refractivity contribution >= 4 is 55.7 Å². The number of para-hydroxylation sites is 4. The second kappa shape index (κ2) is 12.9. The van der Waals surface area contributed by atoms with Crippen LogP contribution in [0.1, 0.15) is 50.7 Å². The highest BCUT2D eigenvalue weighted by atomic mass is 15.1. The molecule has 0 atom stereocenters.